The van der Waals surface area contributed by atoms with E-state index in [1.807, 2.05) is 12.1 Å². The zero-order valence-corrected chi connectivity index (χ0v) is 5.52. The Balaban J connectivity index is 2.88. The summed E-state index contributed by atoms with van der Waals surface area (Å²) < 4.78 is 0. The monoisotopic (exact) mass is 142 g/mol. The van der Waals surface area contributed by atoms with Gasteiger partial charge < -0.3 is 5.73 Å². The van der Waals surface area contributed by atoms with Crippen molar-refractivity contribution in [1.82, 2.24) is 0 Å². The first kappa shape index (κ1) is 6.23. The Morgan fingerprint density at radius 3 is 2.22 bits per heavy atom. The molecule has 0 amide bonds. The highest BCUT2D eigenvalue weighted by Gasteiger charge is 1.85. The van der Waals surface area contributed by atoms with E-state index in [2.05, 4.69) is 4.84 Å². The van der Waals surface area contributed by atoms with Crippen molar-refractivity contribution in [2.45, 2.75) is 0 Å². The van der Waals surface area contributed by atoms with Crippen LogP contribution in [0.15, 0.2) is 24.3 Å². The standard InChI is InChI=1S/C6H7ClN2/c7-9-6-3-1-5(8)2-4-6/h1-4,9H,8H2. The number of hydrogen-bond donors (Lipinski definition) is 2. The Kier molecular flexibility index (Phi) is 1.80. The van der Waals surface area contributed by atoms with E-state index in [9.17, 15) is 0 Å². The van der Waals surface area contributed by atoms with Crippen LogP contribution in [0.25, 0.3) is 0 Å². The highest BCUT2D eigenvalue weighted by molar-refractivity contribution is 6.23. The molecule has 0 atom stereocenters. The molecule has 0 saturated heterocycles. The minimum Gasteiger partial charge on any atom is -0.399 e. The average molecular weight is 143 g/mol. The molecule has 2 nitrogen and oxygen atoms in total. The lowest BCUT2D eigenvalue weighted by molar-refractivity contribution is 1.66. The Morgan fingerprint density at radius 1 is 1.22 bits per heavy atom. The van der Waals surface area contributed by atoms with E-state index < -0.39 is 0 Å². The van der Waals surface area contributed by atoms with E-state index in [1.54, 1.807) is 12.1 Å². The van der Waals surface area contributed by atoms with Crippen LogP contribution in [0.2, 0.25) is 0 Å². The first-order chi connectivity index (χ1) is 4.33. The molecule has 1 aromatic carbocycles. The lowest BCUT2D eigenvalue weighted by Gasteiger charge is -1.95. The van der Waals surface area contributed by atoms with E-state index in [1.165, 1.54) is 0 Å². The second-order valence-corrected chi connectivity index (χ2v) is 1.91. The molecule has 0 bridgehead atoms. The smallest absolute Gasteiger partial charge is 0.0493 e. The van der Waals surface area contributed by atoms with Crippen molar-refractivity contribution < 1.29 is 0 Å². The summed E-state index contributed by atoms with van der Waals surface area (Å²) in [5.41, 5.74) is 7.00. The summed E-state index contributed by atoms with van der Waals surface area (Å²) in [6.07, 6.45) is 0. The molecule has 0 fully saturated rings. The molecule has 0 aliphatic rings. The SMILES string of the molecule is Nc1ccc(NCl)cc1. The number of nitrogen functional groups attached to an aromatic ring is 1. The van der Waals surface area contributed by atoms with Crippen molar-refractivity contribution >= 4 is 23.2 Å². The number of rotatable bonds is 1. The van der Waals surface area contributed by atoms with Crippen LogP contribution in [-0.2, 0) is 0 Å². The molecule has 0 aliphatic heterocycles. The molecule has 0 aromatic heterocycles. The first-order valence-electron chi connectivity index (χ1n) is 2.55. The number of halogens is 1. The fourth-order valence-corrected chi connectivity index (χ4v) is 0.672. The van der Waals surface area contributed by atoms with Gasteiger partial charge in [0.2, 0.25) is 0 Å². The van der Waals surface area contributed by atoms with Gasteiger partial charge in [0.05, 0.1) is 0 Å². The van der Waals surface area contributed by atoms with E-state index >= 15 is 0 Å². The highest BCUT2D eigenvalue weighted by Crippen LogP contribution is 2.10. The lowest BCUT2D eigenvalue weighted by Crippen LogP contribution is -1.84. The van der Waals surface area contributed by atoms with E-state index in [0.717, 1.165) is 11.4 Å². The zero-order chi connectivity index (χ0) is 6.69. The predicted octanol–water partition coefficient (Wildman–Crippen LogP) is 1.83. The van der Waals surface area contributed by atoms with Crippen molar-refractivity contribution in [2.24, 2.45) is 0 Å². The molecule has 1 aromatic rings. The van der Waals surface area contributed by atoms with Gasteiger partial charge in [0, 0.05) is 23.2 Å². The van der Waals surface area contributed by atoms with Gasteiger partial charge in [-0.15, -0.1) is 0 Å². The Labute approximate surface area is 58.7 Å². The molecule has 0 unspecified atom stereocenters. The minimum absolute atomic E-state index is 0.741. The molecule has 0 heterocycles. The molecule has 48 valence electrons. The largest absolute Gasteiger partial charge is 0.399 e. The van der Waals surface area contributed by atoms with Gasteiger partial charge in [0.15, 0.2) is 0 Å². The number of benzene rings is 1. The molecule has 1 rings (SSSR count). The van der Waals surface area contributed by atoms with Crippen LogP contribution in [0.3, 0.4) is 0 Å². The zero-order valence-electron chi connectivity index (χ0n) is 4.76. The fourth-order valence-electron chi connectivity index (χ4n) is 0.546. The average Bonchev–Trinajstić information content (AvgIpc) is 1.90. The third-order valence-corrected chi connectivity index (χ3v) is 1.24. The topological polar surface area (TPSA) is 38.0 Å². The van der Waals surface area contributed by atoms with Gasteiger partial charge in [-0.1, -0.05) is 0 Å². The molecule has 0 spiro atoms. The molecular formula is C6H7ClN2. The van der Waals surface area contributed by atoms with Crippen LogP contribution < -0.4 is 10.6 Å². The number of hydrogen-bond acceptors (Lipinski definition) is 2. The van der Waals surface area contributed by atoms with Crippen LogP contribution >= 0.6 is 11.8 Å². The van der Waals surface area contributed by atoms with Crippen molar-refractivity contribution in [2.75, 3.05) is 10.6 Å². The molecular weight excluding hydrogens is 136 g/mol. The third kappa shape index (κ3) is 1.50. The maximum atomic E-state index is 5.41. The molecule has 0 radical (unpaired) electrons. The van der Waals surface area contributed by atoms with Crippen LogP contribution in [0.4, 0.5) is 11.4 Å². The van der Waals surface area contributed by atoms with Crippen LogP contribution in [0.1, 0.15) is 0 Å². The summed E-state index contributed by atoms with van der Waals surface area (Å²) in [7, 11) is 0. The minimum atomic E-state index is 0.741. The van der Waals surface area contributed by atoms with Gasteiger partial charge in [-0.25, -0.2) is 0 Å². The quantitative estimate of drug-likeness (QED) is 0.464. The summed E-state index contributed by atoms with van der Waals surface area (Å²) in [4.78, 5) is 2.47. The number of nitrogens with two attached hydrogens (primary N) is 1. The Morgan fingerprint density at radius 2 is 1.78 bits per heavy atom. The van der Waals surface area contributed by atoms with Crippen molar-refractivity contribution in [1.29, 1.82) is 0 Å². The summed E-state index contributed by atoms with van der Waals surface area (Å²) >= 11 is 5.29. The van der Waals surface area contributed by atoms with Gasteiger partial charge in [0.25, 0.3) is 0 Å². The van der Waals surface area contributed by atoms with Crippen molar-refractivity contribution in [3.05, 3.63) is 24.3 Å². The Bertz CT molecular complexity index is 183. The maximum absolute atomic E-state index is 5.41. The van der Waals surface area contributed by atoms with Gasteiger partial charge >= 0.3 is 0 Å². The van der Waals surface area contributed by atoms with E-state index in [0.29, 0.717) is 0 Å². The van der Waals surface area contributed by atoms with Crippen LogP contribution in [-0.4, -0.2) is 0 Å². The first-order valence-corrected chi connectivity index (χ1v) is 2.93. The molecule has 3 heteroatoms. The van der Waals surface area contributed by atoms with Crippen molar-refractivity contribution in [3.8, 4) is 0 Å². The second-order valence-electron chi connectivity index (χ2n) is 1.72. The number of anilines is 2. The fraction of sp³-hybridized carbons (Fsp3) is 0. The van der Waals surface area contributed by atoms with Gasteiger partial charge in [-0.3, -0.25) is 4.84 Å². The van der Waals surface area contributed by atoms with Crippen LogP contribution in [0, 0.1) is 0 Å². The Hall–Kier alpha value is -0.890. The summed E-state index contributed by atoms with van der Waals surface area (Å²) in [5, 5.41) is 0. The molecule has 9 heavy (non-hydrogen) atoms. The number of nitrogens with one attached hydrogen (secondary N) is 1. The molecule has 3 N–H and O–H groups in total. The van der Waals surface area contributed by atoms with Gasteiger partial charge in [0.1, 0.15) is 0 Å². The maximum Gasteiger partial charge on any atom is 0.0493 e. The highest BCUT2D eigenvalue weighted by atomic mass is 35.5. The van der Waals surface area contributed by atoms with E-state index in [-0.39, 0.29) is 0 Å². The third-order valence-electron chi connectivity index (χ3n) is 1.02. The summed E-state index contributed by atoms with van der Waals surface area (Å²) in [6, 6.07) is 7.18. The normalized spacial score (nSPS) is 9.00. The van der Waals surface area contributed by atoms with Crippen molar-refractivity contribution in [3.63, 3.8) is 0 Å². The lowest BCUT2D eigenvalue weighted by atomic mass is 10.3. The van der Waals surface area contributed by atoms with Gasteiger partial charge in [-0.05, 0) is 24.3 Å². The van der Waals surface area contributed by atoms with Crippen LogP contribution in [0.5, 0.6) is 0 Å². The predicted molar refractivity (Wildman–Crippen MR) is 40.3 cm³/mol. The van der Waals surface area contributed by atoms with Gasteiger partial charge in [-0.2, -0.15) is 0 Å². The summed E-state index contributed by atoms with van der Waals surface area (Å²) in [6.45, 7) is 0. The summed E-state index contributed by atoms with van der Waals surface area (Å²) in [5.74, 6) is 0. The second kappa shape index (κ2) is 2.60. The molecule has 0 aliphatic carbocycles. The van der Waals surface area contributed by atoms with E-state index in [4.69, 9.17) is 17.5 Å². The molecule has 0 saturated carbocycles.